The molecule has 1 amide bonds. The monoisotopic (exact) mass is 388 g/mol. The number of carbonyl (C=O) groups is 1. The van der Waals surface area contributed by atoms with Crippen molar-refractivity contribution >= 4 is 5.91 Å². The van der Waals surface area contributed by atoms with Crippen LogP contribution >= 0.6 is 0 Å². The molecule has 1 aliphatic heterocycles. The van der Waals surface area contributed by atoms with Gasteiger partial charge in [0.05, 0.1) is 39.9 Å². The van der Waals surface area contributed by atoms with Gasteiger partial charge < -0.3 is 23.9 Å². The largest absolute Gasteiger partial charge is 0.497 e. The van der Waals surface area contributed by atoms with Crippen LogP contribution in [0.3, 0.4) is 0 Å². The number of nitrogens with one attached hydrogen (secondary N) is 1. The number of furan rings is 1. The lowest BCUT2D eigenvalue weighted by Crippen LogP contribution is -2.44. The fourth-order valence-electron chi connectivity index (χ4n) is 3.40. The minimum absolute atomic E-state index is 0.0197. The summed E-state index contributed by atoms with van der Waals surface area (Å²) >= 11 is 0. The number of nitrogens with zero attached hydrogens (tertiary/aromatic N) is 1. The van der Waals surface area contributed by atoms with Crippen LogP contribution in [-0.4, -0.2) is 57.9 Å². The standard InChI is InChI=1S/C21H28N2O5/c1-15-4-6-20(28-15)18(23-8-10-27-11-9-23)14-22-21(24)13-16-12-17(25-2)5-7-19(16)26-3/h4-7,12,18H,8-11,13-14H2,1-3H3,(H,22,24). The van der Waals surface area contributed by atoms with E-state index in [1.165, 1.54) is 0 Å². The van der Waals surface area contributed by atoms with E-state index in [0.29, 0.717) is 31.3 Å². The topological polar surface area (TPSA) is 73.2 Å². The molecule has 1 aromatic heterocycles. The number of amides is 1. The lowest BCUT2D eigenvalue weighted by Gasteiger charge is -2.33. The van der Waals surface area contributed by atoms with Crippen molar-refractivity contribution in [3.63, 3.8) is 0 Å². The van der Waals surface area contributed by atoms with Crippen molar-refractivity contribution < 1.29 is 23.4 Å². The molecule has 1 saturated heterocycles. The molecule has 0 aliphatic carbocycles. The molecule has 28 heavy (non-hydrogen) atoms. The van der Waals surface area contributed by atoms with E-state index in [9.17, 15) is 4.79 Å². The summed E-state index contributed by atoms with van der Waals surface area (Å²) in [7, 11) is 3.20. The molecule has 152 valence electrons. The fraction of sp³-hybridized carbons (Fsp3) is 0.476. The van der Waals surface area contributed by atoms with Crippen LogP contribution in [0.5, 0.6) is 11.5 Å². The molecule has 1 atom stereocenters. The number of morpholine rings is 1. The van der Waals surface area contributed by atoms with Crippen LogP contribution < -0.4 is 14.8 Å². The van der Waals surface area contributed by atoms with E-state index in [2.05, 4.69) is 10.2 Å². The Balaban J connectivity index is 1.66. The van der Waals surface area contributed by atoms with Crippen molar-refractivity contribution in [3.05, 3.63) is 47.4 Å². The van der Waals surface area contributed by atoms with Crippen LogP contribution in [0, 0.1) is 6.92 Å². The number of ether oxygens (including phenoxy) is 3. The third kappa shape index (κ3) is 5.05. The van der Waals surface area contributed by atoms with Gasteiger partial charge in [0.25, 0.3) is 0 Å². The molecular weight excluding hydrogens is 360 g/mol. The zero-order valence-corrected chi connectivity index (χ0v) is 16.7. The molecule has 0 spiro atoms. The lowest BCUT2D eigenvalue weighted by molar-refractivity contribution is -0.120. The van der Waals surface area contributed by atoms with Gasteiger partial charge in [0.1, 0.15) is 23.0 Å². The SMILES string of the molecule is COc1ccc(OC)c(CC(=O)NCC(c2ccc(C)o2)N2CCOCC2)c1. The van der Waals surface area contributed by atoms with E-state index in [1.807, 2.05) is 37.3 Å². The van der Waals surface area contributed by atoms with Crippen LogP contribution in [-0.2, 0) is 16.0 Å². The number of benzene rings is 1. The summed E-state index contributed by atoms with van der Waals surface area (Å²) < 4.78 is 21.9. The first kappa shape index (κ1) is 20.2. The molecule has 0 bridgehead atoms. The average Bonchev–Trinajstić information content (AvgIpc) is 3.15. The minimum Gasteiger partial charge on any atom is -0.497 e. The molecule has 0 radical (unpaired) electrons. The molecule has 7 nitrogen and oxygen atoms in total. The Kier molecular flexibility index (Phi) is 6.95. The summed E-state index contributed by atoms with van der Waals surface area (Å²) in [6, 6.07) is 9.36. The molecule has 0 saturated carbocycles. The first-order valence-electron chi connectivity index (χ1n) is 9.46. The van der Waals surface area contributed by atoms with Gasteiger partial charge >= 0.3 is 0 Å². The highest BCUT2D eigenvalue weighted by atomic mass is 16.5. The predicted molar refractivity (Wildman–Crippen MR) is 105 cm³/mol. The number of hydrogen-bond acceptors (Lipinski definition) is 6. The van der Waals surface area contributed by atoms with Crippen molar-refractivity contribution in [1.29, 1.82) is 0 Å². The van der Waals surface area contributed by atoms with Gasteiger partial charge in [0, 0.05) is 25.2 Å². The summed E-state index contributed by atoms with van der Waals surface area (Å²) in [6.07, 6.45) is 0.216. The average molecular weight is 388 g/mol. The highest BCUT2D eigenvalue weighted by Crippen LogP contribution is 2.25. The number of methoxy groups -OCH3 is 2. The Morgan fingerprint density at radius 2 is 1.96 bits per heavy atom. The van der Waals surface area contributed by atoms with Crippen LogP contribution in [0.2, 0.25) is 0 Å². The highest BCUT2D eigenvalue weighted by molar-refractivity contribution is 5.79. The Labute approximate surface area is 165 Å². The van der Waals surface area contributed by atoms with Crippen molar-refractivity contribution in [2.24, 2.45) is 0 Å². The third-order valence-electron chi connectivity index (χ3n) is 4.91. The van der Waals surface area contributed by atoms with E-state index in [0.717, 1.165) is 30.2 Å². The second-order valence-corrected chi connectivity index (χ2v) is 6.77. The molecule has 1 unspecified atom stereocenters. The Hall–Kier alpha value is -2.51. The molecule has 2 aromatic rings. The number of rotatable bonds is 8. The van der Waals surface area contributed by atoms with Crippen LogP contribution in [0.15, 0.2) is 34.7 Å². The van der Waals surface area contributed by atoms with Crippen molar-refractivity contribution in [1.82, 2.24) is 10.2 Å². The van der Waals surface area contributed by atoms with Gasteiger partial charge in [-0.3, -0.25) is 9.69 Å². The van der Waals surface area contributed by atoms with E-state index >= 15 is 0 Å². The first-order chi connectivity index (χ1) is 13.6. The minimum atomic E-state index is -0.0758. The third-order valence-corrected chi connectivity index (χ3v) is 4.91. The Morgan fingerprint density at radius 1 is 1.18 bits per heavy atom. The van der Waals surface area contributed by atoms with Gasteiger partial charge in [-0.2, -0.15) is 0 Å². The smallest absolute Gasteiger partial charge is 0.224 e. The molecule has 1 N–H and O–H groups in total. The molecule has 7 heteroatoms. The molecule has 1 fully saturated rings. The van der Waals surface area contributed by atoms with Gasteiger partial charge in [-0.1, -0.05) is 0 Å². The van der Waals surface area contributed by atoms with Gasteiger partial charge in [-0.15, -0.1) is 0 Å². The number of aryl methyl sites for hydroxylation is 1. The van der Waals surface area contributed by atoms with Gasteiger partial charge in [0.2, 0.25) is 5.91 Å². The maximum absolute atomic E-state index is 12.6. The molecule has 1 aliphatic rings. The zero-order valence-electron chi connectivity index (χ0n) is 16.7. The maximum Gasteiger partial charge on any atom is 0.224 e. The summed E-state index contributed by atoms with van der Waals surface area (Å²) in [6.45, 7) is 5.38. The van der Waals surface area contributed by atoms with E-state index in [1.54, 1.807) is 14.2 Å². The predicted octanol–water partition coefficient (Wildman–Crippen LogP) is 2.34. The van der Waals surface area contributed by atoms with Crippen molar-refractivity contribution in [2.45, 2.75) is 19.4 Å². The molecule has 1 aromatic carbocycles. The van der Waals surface area contributed by atoms with Crippen molar-refractivity contribution in [3.8, 4) is 11.5 Å². The van der Waals surface area contributed by atoms with Crippen LogP contribution in [0.25, 0.3) is 0 Å². The summed E-state index contributed by atoms with van der Waals surface area (Å²) in [4.78, 5) is 14.9. The number of carbonyl (C=O) groups excluding carboxylic acids is 1. The summed E-state index contributed by atoms with van der Waals surface area (Å²) in [5, 5.41) is 3.05. The van der Waals surface area contributed by atoms with Crippen LogP contribution in [0.4, 0.5) is 0 Å². The Morgan fingerprint density at radius 3 is 2.61 bits per heavy atom. The quantitative estimate of drug-likeness (QED) is 0.748. The molecule has 3 rings (SSSR count). The van der Waals surface area contributed by atoms with Crippen LogP contribution in [0.1, 0.15) is 23.1 Å². The first-order valence-corrected chi connectivity index (χ1v) is 9.46. The highest BCUT2D eigenvalue weighted by Gasteiger charge is 2.25. The van der Waals surface area contributed by atoms with E-state index < -0.39 is 0 Å². The van der Waals surface area contributed by atoms with Crippen molar-refractivity contribution in [2.75, 3.05) is 47.1 Å². The second-order valence-electron chi connectivity index (χ2n) is 6.77. The van der Waals surface area contributed by atoms with E-state index in [4.69, 9.17) is 18.6 Å². The summed E-state index contributed by atoms with van der Waals surface area (Å²) in [5.74, 6) is 3.01. The number of hydrogen-bond donors (Lipinski definition) is 1. The molecule has 2 heterocycles. The normalized spacial score (nSPS) is 15.8. The van der Waals surface area contributed by atoms with Gasteiger partial charge in [0.15, 0.2) is 0 Å². The Bertz CT molecular complexity index is 783. The van der Waals surface area contributed by atoms with Gasteiger partial charge in [-0.05, 0) is 37.3 Å². The molecular formula is C21H28N2O5. The fourth-order valence-corrected chi connectivity index (χ4v) is 3.40. The summed E-state index contributed by atoms with van der Waals surface area (Å²) in [5.41, 5.74) is 0.788. The zero-order chi connectivity index (χ0) is 19.9. The van der Waals surface area contributed by atoms with E-state index in [-0.39, 0.29) is 18.4 Å². The second kappa shape index (κ2) is 9.61. The lowest BCUT2D eigenvalue weighted by atomic mass is 10.1. The van der Waals surface area contributed by atoms with Gasteiger partial charge in [-0.25, -0.2) is 0 Å². The maximum atomic E-state index is 12.6.